The molecule has 0 radical (unpaired) electrons. The lowest BCUT2D eigenvalue weighted by molar-refractivity contribution is 0.497. The van der Waals surface area contributed by atoms with Gasteiger partial charge in [0.05, 0.1) is 16.6 Å². The van der Waals surface area contributed by atoms with Gasteiger partial charge in [-0.2, -0.15) is 0 Å². The smallest absolute Gasteiger partial charge is 0.268 e. The molecule has 0 unspecified atom stereocenters. The van der Waals surface area contributed by atoms with Gasteiger partial charge >= 0.3 is 0 Å². The second kappa shape index (κ2) is 7.04. The average molecular weight is 380 g/mol. The van der Waals surface area contributed by atoms with Gasteiger partial charge in [-0.05, 0) is 24.6 Å². The molecule has 0 atom stereocenters. The number of hydrogen-bond acceptors (Lipinski definition) is 4. The summed E-state index contributed by atoms with van der Waals surface area (Å²) in [5.74, 6) is 1.26. The Hall–Kier alpha value is -2.86. The van der Waals surface area contributed by atoms with Crippen molar-refractivity contribution in [2.45, 2.75) is 31.1 Å². The van der Waals surface area contributed by atoms with Crippen LogP contribution in [0.3, 0.4) is 0 Å². The zero-order chi connectivity index (χ0) is 18.9. The first kappa shape index (κ1) is 17.5. The van der Waals surface area contributed by atoms with Crippen molar-refractivity contribution in [1.82, 2.24) is 8.96 Å². The van der Waals surface area contributed by atoms with Crippen LogP contribution < -0.4 is 0 Å². The molecule has 4 aromatic rings. The largest absolute Gasteiger partial charge is 0.441 e. The molecule has 5 nitrogen and oxygen atoms in total. The van der Waals surface area contributed by atoms with Gasteiger partial charge in [-0.1, -0.05) is 49.7 Å². The molecule has 0 saturated heterocycles. The zero-order valence-electron chi connectivity index (χ0n) is 15.0. The van der Waals surface area contributed by atoms with Crippen LogP contribution in [0.5, 0.6) is 0 Å². The maximum Gasteiger partial charge on any atom is 0.268 e. The number of unbranched alkanes of at least 4 members (excludes halogenated alkanes) is 1. The second-order valence-electron chi connectivity index (χ2n) is 6.40. The molecule has 0 N–H and O–H groups in total. The first-order valence-corrected chi connectivity index (χ1v) is 10.4. The van der Waals surface area contributed by atoms with Gasteiger partial charge in [0, 0.05) is 23.6 Å². The Morgan fingerprint density at radius 3 is 2.56 bits per heavy atom. The Morgan fingerprint density at radius 1 is 1.04 bits per heavy atom. The summed E-state index contributed by atoms with van der Waals surface area (Å²) in [6, 6.07) is 15.8. The molecule has 138 valence electrons. The van der Waals surface area contributed by atoms with Crippen LogP contribution in [0.2, 0.25) is 0 Å². The van der Waals surface area contributed by atoms with E-state index < -0.39 is 10.0 Å². The summed E-state index contributed by atoms with van der Waals surface area (Å²) in [4.78, 5) is 4.59. The standard InChI is InChI=1S/C21H20N2O3S/c1-2-3-13-21-22-14-20(26-21)18-15-23(19-12-8-7-11-17(18)19)27(24,25)16-9-5-4-6-10-16/h4-12,14-15H,2-3,13H2,1H3. The van der Waals surface area contributed by atoms with E-state index in [4.69, 9.17) is 4.42 Å². The minimum Gasteiger partial charge on any atom is -0.441 e. The summed E-state index contributed by atoms with van der Waals surface area (Å²) >= 11 is 0. The van der Waals surface area contributed by atoms with Crippen LogP contribution in [0.25, 0.3) is 22.2 Å². The predicted molar refractivity (Wildman–Crippen MR) is 105 cm³/mol. The molecular weight excluding hydrogens is 360 g/mol. The Labute approximate surface area is 158 Å². The summed E-state index contributed by atoms with van der Waals surface area (Å²) in [5, 5.41) is 0.815. The first-order valence-electron chi connectivity index (χ1n) is 8.97. The van der Waals surface area contributed by atoms with Gasteiger partial charge in [-0.3, -0.25) is 0 Å². The molecule has 2 aromatic heterocycles. The van der Waals surface area contributed by atoms with Crippen LogP contribution in [0.4, 0.5) is 0 Å². The van der Waals surface area contributed by atoms with E-state index in [0.29, 0.717) is 17.2 Å². The molecule has 0 saturated carbocycles. The molecule has 0 bridgehead atoms. The van der Waals surface area contributed by atoms with Crippen molar-refractivity contribution in [1.29, 1.82) is 0 Å². The molecule has 0 amide bonds. The van der Waals surface area contributed by atoms with E-state index in [-0.39, 0.29) is 4.90 Å². The van der Waals surface area contributed by atoms with Gasteiger partial charge < -0.3 is 4.42 Å². The minimum absolute atomic E-state index is 0.249. The molecule has 0 aliphatic heterocycles. The number of hydrogen-bond donors (Lipinski definition) is 0. The van der Waals surface area contributed by atoms with E-state index in [1.807, 2.05) is 18.2 Å². The lowest BCUT2D eigenvalue weighted by Gasteiger charge is -2.07. The number of aromatic nitrogens is 2. The number of benzene rings is 2. The van der Waals surface area contributed by atoms with Crippen LogP contribution in [0, 0.1) is 0 Å². The average Bonchev–Trinajstić information content (AvgIpc) is 3.32. The van der Waals surface area contributed by atoms with Crippen molar-refractivity contribution in [3.8, 4) is 11.3 Å². The third-order valence-electron chi connectivity index (χ3n) is 4.54. The molecule has 0 aliphatic carbocycles. The van der Waals surface area contributed by atoms with E-state index in [0.717, 1.165) is 30.2 Å². The first-order chi connectivity index (χ1) is 13.1. The van der Waals surface area contributed by atoms with Crippen molar-refractivity contribution in [2.75, 3.05) is 0 Å². The van der Waals surface area contributed by atoms with Gasteiger partial charge in [-0.25, -0.2) is 17.4 Å². The number of nitrogens with zero attached hydrogens (tertiary/aromatic N) is 2. The summed E-state index contributed by atoms with van der Waals surface area (Å²) in [5.41, 5.74) is 1.34. The van der Waals surface area contributed by atoms with Crippen LogP contribution in [0.1, 0.15) is 25.7 Å². The molecule has 2 heterocycles. The van der Waals surface area contributed by atoms with Gasteiger partial charge in [0.1, 0.15) is 0 Å². The van der Waals surface area contributed by atoms with E-state index in [2.05, 4.69) is 11.9 Å². The lowest BCUT2D eigenvalue weighted by Crippen LogP contribution is -2.11. The summed E-state index contributed by atoms with van der Waals surface area (Å²) in [6.07, 6.45) is 6.14. The summed E-state index contributed by atoms with van der Waals surface area (Å²) < 4.78 is 33.5. The monoisotopic (exact) mass is 380 g/mol. The van der Waals surface area contributed by atoms with Crippen LogP contribution >= 0.6 is 0 Å². The number of oxazole rings is 1. The summed E-state index contributed by atoms with van der Waals surface area (Å²) in [6.45, 7) is 2.12. The Kier molecular flexibility index (Phi) is 4.58. The van der Waals surface area contributed by atoms with E-state index in [1.165, 1.54) is 3.97 Å². The topological polar surface area (TPSA) is 65.1 Å². The molecule has 4 rings (SSSR count). The quantitative estimate of drug-likeness (QED) is 0.478. The number of fused-ring (bicyclic) bond motifs is 1. The Morgan fingerprint density at radius 2 is 1.78 bits per heavy atom. The number of aryl methyl sites for hydroxylation is 1. The molecule has 6 heteroatoms. The highest BCUT2D eigenvalue weighted by Gasteiger charge is 2.22. The second-order valence-corrected chi connectivity index (χ2v) is 8.21. The molecule has 0 spiro atoms. The van der Waals surface area contributed by atoms with Crippen LogP contribution in [-0.4, -0.2) is 17.4 Å². The normalized spacial score (nSPS) is 11.9. The molecular formula is C21H20N2O3S. The van der Waals surface area contributed by atoms with Gasteiger partial charge in [0.25, 0.3) is 10.0 Å². The van der Waals surface area contributed by atoms with E-state index in [1.54, 1.807) is 48.8 Å². The zero-order valence-corrected chi connectivity index (χ0v) is 15.8. The maximum absolute atomic E-state index is 13.2. The van der Waals surface area contributed by atoms with Crippen molar-refractivity contribution in [3.05, 3.63) is 72.9 Å². The van der Waals surface area contributed by atoms with Gasteiger partial charge in [0.15, 0.2) is 11.7 Å². The minimum atomic E-state index is -3.71. The Bertz CT molecular complexity index is 1170. The van der Waals surface area contributed by atoms with Crippen molar-refractivity contribution in [2.24, 2.45) is 0 Å². The van der Waals surface area contributed by atoms with Crippen LogP contribution in [0.15, 0.2) is 76.3 Å². The molecule has 27 heavy (non-hydrogen) atoms. The van der Waals surface area contributed by atoms with Crippen LogP contribution in [-0.2, 0) is 16.4 Å². The number of para-hydroxylation sites is 1. The van der Waals surface area contributed by atoms with Crippen molar-refractivity contribution >= 4 is 20.9 Å². The highest BCUT2D eigenvalue weighted by atomic mass is 32.2. The van der Waals surface area contributed by atoms with Crippen molar-refractivity contribution in [3.63, 3.8) is 0 Å². The van der Waals surface area contributed by atoms with E-state index >= 15 is 0 Å². The lowest BCUT2D eigenvalue weighted by atomic mass is 10.1. The highest BCUT2D eigenvalue weighted by Crippen LogP contribution is 2.33. The fourth-order valence-corrected chi connectivity index (χ4v) is 4.52. The van der Waals surface area contributed by atoms with E-state index in [9.17, 15) is 8.42 Å². The number of rotatable bonds is 6. The van der Waals surface area contributed by atoms with Crippen molar-refractivity contribution < 1.29 is 12.8 Å². The predicted octanol–water partition coefficient (Wildman–Crippen LogP) is 4.88. The summed E-state index contributed by atoms with van der Waals surface area (Å²) in [7, 11) is -3.71. The fraction of sp³-hybridized carbons (Fsp3) is 0.190. The van der Waals surface area contributed by atoms with Gasteiger partial charge in [0.2, 0.25) is 0 Å². The van der Waals surface area contributed by atoms with Gasteiger partial charge in [-0.15, -0.1) is 0 Å². The fourth-order valence-electron chi connectivity index (χ4n) is 3.13. The third-order valence-corrected chi connectivity index (χ3v) is 6.23. The third kappa shape index (κ3) is 3.17. The highest BCUT2D eigenvalue weighted by molar-refractivity contribution is 7.90. The molecule has 0 aliphatic rings. The SMILES string of the molecule is CCCCc1ncc(-c2cn(S(=O)(=O)c3ccccc3)c3ccccc23)o1. The maximum atomic E-state index is 13.2. The Balaban J connectivity index is 1.86. The molecule has 2 aromatic carbocycles. The molecule has 0 fully saturated rings.